The van der Waals surface area contributed by atoms with Gasteiger partial charge in [0.2, 0.25) is 0 Å². The van der Waals surface area contributed by atoms with E-state index in [1.54, 1.807) is 6.20 Å². The van der Waals surface area contributed by atoms with Crippen LogP contribution in [0.5, 0.6) is 0 Å². The van der Waals surface area contributed by atoms with Crippen LogP contribution in [-0.2, 0) is 19.4 Å². The second kappa shape index (κ2) is 6.00. The van der Waals surface area contributed by atoms with Gasteiger partial charge in [0.25, 0.3) is 5.91 Å². The van der Waals surface area contributed by atoms with E-state index in [1.807, 2.05) is 19.1 Å². The molecule has 2 bridgehead atoms. The Balaban J connectivity index is 1.63. The molecule has 0 N–H and O–H groups in total. The highest BCUT2D eigenvalue weighted by atomic mass is 16.2. The Morgan fingerprint density at radius 1 is 1.25 bits per heavy atom. The number of nitrogens with zero attached hydrogens (tertiary/aromatic N) is 5. The van der Waals surface area contributed by atoms with Crippen LogP contribution < -0.4 is 0 Å². The van der Waals surface area contributed by atoms with Gasteiger partial charge in [-0.25, -0.2) is 0 Å². The largest absolute Gasteiger partial charge is 0.330 e. The first-order valence-electron chi connectivity index (χ1n) is 8.83. The van der Waals surface area contributed by atoms with E-state index in [0.717, 1.165) is 56.0 Å². The number of fused-ring (bicyclic) bond motifs is 3. The van der Waals surface area contributed by atoms with Gasteiger partial charge in [-0.1, -0.05) is 6.92 Å². The zero-order chi connectivity index (χ0) is 16.7. The van der Waals surface area contributed by atoms with E-state index in [0.29, 0.717) is 5.56 Å². The van der Waals surface area contributed by atoms with Gasteiger partial charge in [0.15, 0.2) is 0 Å². The van der Waals surface area contributed by atoms with Crippen LogP contribution in [-0.4, -0.2) is 42.6 Å². The molecule has 0 aromatic carbocycles. The maximum Gasteiger partial charge on any atom is 0.255 e. The molecule has 0 aliphatic carbocycles. The van der Waals surface area contributed by atoms with Crippen molar-refractivity contribution >= 4 is 5.91 Å². The third kappa shape index (κ3) is 2.50. The monoisotopic (exact) mass is 325 g/mol. The Morgan fingerprint density at radius 3 is 2.83 bits per heavy atom. The molecule has 0 radical (unpaired) electrons. The molecule has 2 aliphatic heterocycles. The van der Waals surface area contributed by atoms with E-state index in [-0.39, 0.29) is 18.0 Å². The van der Waals surface area contributed by atoms with Crippen LogP contribution in [0.3, 0.4) is 0 Å². The molecule has 1 fully saturated rings. The third-order valence-electron chi connectivity index (χ3n) is 5.20. The SMILES string of the molecule is CCCc1nnc2n1CC1CCC(C2)N1C(=O)c1ccc(C)nc1. The Morgan fingerprint density at radius 2 is 2.08 bits per heavy atom. The summed E-state index contributed by atoms with van der Waals surface area (Å²) in [5.41, 5.74) is 1.62. The summed E-state index contributed by atoms with van der Waals surface area (Å²) in [5.74, 6) is 2.20. The number of aryl methyl sites for hydroxylation is 2. The standard InChI is InChI=1S/C18H23N5O/c1-3-4-16-20-21-17-9-14-7-8-15(11-22(16)17)23(14)18(24)13-6-5-12(2)19-10-13/h5-6,10,14-15H,3-4,7-9,11H2,1-2H3. The predicted octanol–water partition coefficient (Wildman–Crippen LogP) is 2.16. The van der Waals surface area contributed by atoms with Crippen molar-refractivity contribution in [1.29, 1.82) is 0 Å². The molecule has 4 heterocycles. The summed E-state index contributed by atoms with van der Waals surface area (Å²) in [6.07, 6.45) is 6.61. The highest BCUT2D eigenvalue weighted by molar-refractivity contribution is 5.94. The third-order valence-corrected chi connectivity index (χ3v) is 5.20. The van der Waals surface area contributed by atoms with Gasteiger partial charge in [-0.2, -0.15) is 0 Å². The number of hydrogen-bond donors (Lipinski definition) is 0. The number of amides is 1. The molecule has 2 aromatic rings. The number of aromatic nitrogens is 4. The highest BCUT2D eigenvalue weighted by Gasteiger charge is 2.41. The molecule has 2 aromatic heterocycles. The van der Waals surface area contributed by atoms with Crippen LogP contribution >= 0.6 is 0 Å². The summed E-state index contributed by atoms with van der Waals surface area (Å²) in [4.78, 5) is 19.4. The van der Waals surface area contributed by atoms with E-state index >= 15 is 0 Å². The average molecular weight is 325 g/mol. The quantitative estimate of drug-likeness (QED) is 0.867. The Labute approximate surface area is 141 Å². The second-order valence-electron chi connectivity index (χ2n) is 6.88. The maximum atomic E-state index is 13.0. The van der Waals surface area contributed by atoms with Crippen molar-refractivity contribution in [2.75, 3.05) is 0 Å². The lowest BCUT2D eigenvalue weighted by molar-refractivity contribution is 0.0664. The van der Waals surface area contributed by atoms with Gasteiger partial charge in [-0.15, -0.1) is 10.2 Å². The molecule has 126 valence electrons. The minimum absolute atomic E-state index is 0.103. The summed E-state index contributed by atoms with van der Waals surface area (Å²) < 4.78 is 2.25. The first-order chi connectivity index (χ1) is 11.7. The first-order valence-corrected chi connectivity index (χ1v) is 8.83. The lowest BCUT2D eigenvalue weighted by atomic mass is 10.1. The normalized spacial score (nSPS) is 22.3. The predicted molar refractivity (Wildman–Crippen MR) is 89.7 cm³/mol. The Kier molecular flexibility index (Phi) is 3.82. The van der Waals surface area contributed by atoms with Crippen LogP contribution in [0.25, 0.3) is 0 Å². The van der Waals surface area contributed by atoms with Crippen LogP contribution in [0.15, 0.2) is 18.3 Å². The number of carbonyl (C=O) groups is 1. The molecule has 2 aliphatic rings. The minimum Gasteiger partial charge on any atom is -0.330 e. The van der Waals surface area contributed by atoms with Crippen LogP contribution in [0.4, 0.5) is 0 Å². The van der Waals surface area contributed by atoms with Crippen LogP contribution in [0, 0.1) is 6.92 Å². The van der Waals surface area contributed by atoms with Crippen molar-refractivity contribution in [3.63, 3.8) is 0 Å². The summed E-state index contributed by atoms with van der Waals surface area (Å²) >= 11 is 0. The number of pyridine rings is 1. The first kappa shape index (κ1) is 15.3. The molecule has 6 nitrogen and oxygen atoms in total. The Hall–Kier alpha value is -2.24. The smallest absolute Gasteiger partial charge is 0.255 e. The molecule has 0 spiro atoms. The second-order valence-corrected chi connectivity index (χ2v) is 6.88. The highest BCUT2D eigenvalue weighted by Crippen LogP contribution is 2.32. The van der Waals surface area contributed by atoms with E-state index in [9.17, 15) is 4.79 Å². The molecule has 6 heteroatoms. The van der Waals surface area contributed by atoms with E-state index < -0.39 is 0 Å². The number of hydrogen-bond acceptors (Lipinski definition) is 4. The molecule has 4 rings (SSSR count). The van der Waals surface area contributed by atoms with Crippen molar-refractivity contribution in [3.8, 4) is 0 Å². The molecule has 2 atom stereocenters. The topological polar surface area (TPSA) is 63.9 Å². The molecule has 0 saturated carbocycles. The van der Waals surface area contributed by atoms with Crippen LogP contribution in [0.2, 0.25) is 0 Å². The van der Waals surface area contributed by atoms with E-state index in [1.165, 1.54) is 0 Å². The molecule has 1 amide bonds. The lowest BCUT2D eigenvalue weighted by Crippen LogP contribution is -2.42. The lowest BCUT2D eigenvalue weighted by Gasteiger charge is -2.28. The van der Waals surface area contributed by atoms with E-state index in [2.05, 4.69) is 31.6 Å². The molecular formula is C18H23N5O. The summed E-state index contributed by atoms with van der Waals surface area (Å²) in [6.45, 7) is 4.91. The van der Waals surface area contributed by atoms with Gasteiger partial charge in [0.1, 0.15) is 11.6 Å². The fraction of sp³-hybridized carbons (Fsp3) is 0.556. The van der Waals surface area contributed by atoms with E-state index in [4.69, 9.17) is 0 Å². The summed E-state index contributed by atoms with van der Waals surface area (Å²) in [7, 11) is 0. The van der Waals surface area contributed by atoms with Gasteiger partial charge in [-0.05, 0) is 38.3 Å². The molecular weight excluding hydrogens is 302 g/mol. The van der Waals surface area contributed by atoms with Crippen molar-refractivity contribution < 1.29 is 4.79 Å². The fourth-order valence-electron chi connectivity index (χ4n) is 3.98. The molecule has 24 heavy (non-hydrogen) atoms. The fourth-order valence-corrected chi connectivity index (χ4v) is 3.98. The number of rotatable bonds is 3. The van der Waals surface area contributed by atoms with Crippen molar-refractivity contribution in [2.45, 2.75) is 64.6 Å². The minimum atomic E-state index is 0.103. The number of carbonyl (C=O) groups excluding carboxylic acids is 1. The summed E-state index contributed by atoms with van der Waals surface area (Å²) in [5, 5.41) is 8.76. The van der Waals surface area contributed by atoms with Gasteiger partial charge < -0.3 is 9.47 Å². The van der Waals surface area contributed by atoms with Gasteiger partial charge in [0, 0.05) is 37.3 Å². The van der Waals surface area contributed by atoms with Gasteiger partial charge in [0.05, 0.1) is 11.6 Å². The van der Waals surface area contributed by atoms with Crippen molar-refractivity contribution in [2.24, 2.45) is 0 Å². The van der Waals surface area contributed by atoms with Crippen molar-refractivity contribution in [1.82, 2.24) is 24.6 Å². The van der Waals surface area contributed by atoms with Gasteiger partial charge in [-0.3, -0.25) is 9.78 Å². The average Bonchev–Trinajstić information content (AvgIpc) is 3.08. The zero-order valence-electron chi connectivity index (χ0n) is 14.3. The Bertz CT molecular complexity index is 751. The molecule has 2 unspecified atom stereocenters. The van der Waals surface area contributed by atoms with Gasteiger partial charge >= 0.3 is 0 Å². The maximum absolute atomic E-state index is 13.0. The van der Waals surface area contributed by atoms with Crippen LogP contribution in [0.1, 0.15) is 53.9 Å². The zero-order valence-corrected chi connectivity index (χ0v) is 14.3. The van der Waals surface area contributed by atoms with Crippen molar-refractivity contribution in [3.05, 3.63) is 41.2 Å². The molecule has 1 saturated heterocycles. The summed E-state index contributed by atoms with van der Waals surface area (Å²) in [6, 6.07) is 4.25.